The lowest BCUT2D eigenvalue weighted by molar-refractivity contribution is 0.102. The molecule has 3 aromatic rings. The van der Waals surface area contributed by atoms with Crippen LogP contribution in [0, 0.1) is 0 Å². The van der Waals surface area contributed by atoms with Crippen molar-refractivity contribution in [1.82, 2.24) is 4.98 Å². The number of para-hydroxylation sites is 1. The molecule has 2 aromatic carbocycles. The maximum atomic E-state index is 12.6. The van der Waals surface area contributed by atoms with Gasteiger partial charge in [0, 0.05) is 29.8 Å². The van der Waals surface area contributed by atoms with Crippen LogP contribution in [-0.2, 0) is 0 Å². The smallest absolute Gasteiger partial charge is 0.257 e. The zero-order valence-corrected chi connectivity index (χ0v) is 13.2. The number of nitrogens with zero attached hydrogens (tertiary/aromatic N) is 1. The standard InChI is InChI=1S/C19H17N3O2/c1-24-16-6-4-5-15(13-16)21-18-8-3-2-7-17(18)19(23)22-14-9-11-20-12-10-14/h2-13,21H,1H3,(H,20,22,23). The summed E-state index contributed by atoms with van der Waals surface area (Å²) in [5.74, 6) is 0.561. The van der Waals surface area contributed by atoms with E-state index in [1.54, 1.807) is 37.7 Å². The lowest BCUT2D eigenvalue weighted by Gasteiger charge is -2.13. The molecule has 0 bridgehead atoms. The monoisotopic (exact) mass is 319 g/mol. The van der Waals surface area contributed by atoms with Crippen molar-refractivity contribution >= 4 is 23.0 Å². The van der Waals surface area contributed by atoms with E-state index in [1.807, 2.05) is 42.5 Å². The highest BCUT2D eigenvalue weighted by atomic mass is 16.5. The van der Waals surface area contributed by atoms with Crippen molar-refractivity contribution < 1.29 is 9.53 Å². The Hall–Kier alpha value is -3.34. The number of methoxy groups -OCH3 is 1. The first-order chi connectivity index (χ1) is 11.8. The highest BCUT2D eigenvalue weighted by Crippen LogP contribution is 2.24. The molecule has 0 saturated carbocycles. The third-order valence-corrected chi connectivity index (χ3v) is 3.46. The Bertz CT molecular complexity index is 835. The number of amides is 1. The Labute approximate surface area is 140 Å². The number of nitrogens with one attached hydrogen (secondary N) is 2. The minimum Gasteiger partial charge on any atom is -0.497 e. The van der Waals surface area contributed by atoms with Crippen LogP contribution in [0.5, 0.6) is 5.75 Å². The van der Waals surface area contributed by atoms with Crippen LogP contribution in [0.25, 0.3) is 0 Å². The van der Waals surface area contributed by atoms with Gasteiger partial charge < -0.3 is 15.4 Å². The second kappa shape index (κ2) is 7.28. The lowest BCUT2D eigenvalue weighted by Crippen LogP contribution is -2.13. The zero-order valence-electron chi connectivity index (χ0n) is 13.2. The summed E-state index contributed by atoms with van der Waals surface area (Å²) in [5.41, 5.74) is 2.82. The van der Waals surface area contributed by atoms with Crippen LogP contribution in [0.1, 0.15) is 10.4 Å². The number of benzene rings is 2. The SMILES string of the molecule is COc1cccc(Nc2ccccc2C(=O)Nc2ccncc2)c1. The van der Waals surface area contributed by atoms with Crippen molar-refractivity contribution in [3.05, 3.63) is 78.6 Å². The molecule has 0 saturated heterocycles. The van der Waals surface area contributed by atoms with Crippen molar-refractivity contribution in [3.63, 3.8) is 0 Å². The third kappa shape index (κ3) is 3.70. The van der Waals surface area contributed by atoms with E-state index in [2.05, 4.69) is 15.6 Å². The molecule has 0 radical (unpaired) electrons. The number of carbonyl (C=O) groups excluding carboxylic acids is 1. The van der Waals surface area contributed by atoms with Crippen LogP contribution in [0.3, 0.4) is 0 Å². The van der Waals surface area contributed by atoms with E-state index in [0.717, 1.165) is 17.1 Å². The van der Waals surface area contributed by atoms with Gasteiger partial charge in [-0.15, -0.1) is 0 Å². The maximum absolute atomic E-state index is 12.6. The maximum Gasteiger partial charge on any atom is 0.257 e. The van der Waals surface area contributed by atoms with Gasteiger partial charge in [0.05, 0.1) is 18.4 Å². The van der Waals surface area contributed by atoms with E-state index in [1.165, 1.54) is 0 Å². The fraction of sp³-hybridized carbons (Fsp3) is 0.0526. The van der Waals surface area contributed by atoms with E-state index in [9.17, 15) is 4.79 Å². The number of aromatic nitrogens is 1. The van der Waals surface area contributed by atoms with Gasteiger partial charge >= 0.3 is 0 Å². The summed E-state index contributed by atoms with van der Waals surface area (Å²) in [6.07, 6.45) is 3.27. The molecule has 5 nitrogen and oxygen atoms in total. The molecule has 1 amide bonds. The molecule has 120 valence electrons. The summed E-state index contributed by atoms with van der Waals surface area (Å²) in [6.45, 7) is 0. The van der Waals surface area contributed by atoms with E-state index >= 15 is 0 Å². The molecule has 0 fully saturated rings. The minimum absolute atomic E-state index is 0.188. The highest BCUT2D eigenvalue weighted by Gasteiger charge is 2.11. The van der Waals surface area contributed by atoms with Crippen LogP contribution < -0.4 is 15.4 Å². The van der Waals surface area contributed by atoms with Crippen molar-refractivity contribution in [2.24, 2.45) is 0 Å². The quantitative estimate of drug-likeness (QED) is 0.743. The second-order valence-corrected chi connectivity index (χ2v) is 5.09. The number of anilines is 3. The largest absolute Gasteiger partial charge is 0.497 e. The Morgan fingerprint density at radius 1 is 0.958 bits per heavy atom. The molecular weight excluding hydrogens is 302 g/mol. The number of rotatable bonds is 5. The second-order valence-electron chi connectivity index (χ2n) is 5.09. The van der Waals surface area contributed by atoms with Gasteiger partial charge in [0.1, 0.15) is 5.75 Å². The van der Waals surface area contributed by atoms with Crippen LogP contribution in [-0.4, -0.2) is 18.0 Å². The summed E-state index contributed by atoms with van der Waals surface area (Å²) < 4.78 is 5.22. The van der Waals surface area contributed by atoms with Crippen molar-refractivity contribution in [2.45, 2.75) is 0 Å². The number of pyridine rings is 1. The van der Waals surface area contributed by atoms with Crippen LogP contribution in [0.15, 0.2) is 73.1 Å². The number of carbonyl (C=O) groups is 1. The molecular formula is C19H17N3O2. The van der Waals surface area contributed by atoms with Crippen molar-refractivity contribution in [3.8, 4) is 5.75 Å². The summed E-state index contributed by atoms with van der Waals surface area (Å²) in [7, 11) is 1.62. The summed E-state index contributed by atoms with van der Waals surface area (Å²) >= 11 is 0. The molecule has 5 heteroatoms. The van der Waals surface area contributed by atoms with Gasteiger partial charge in [0.15, 0.2) is 0 Å². The van der Waals surface area contributed by atoms with E-state index < -0.39 is 0 Å². The normalized spacial score (nSPS) is 10.0. The van der Waals surface area contributed by atoms with E-state index in [-0.39, 0.29) is 5.91 Å². The van der Waals surface area contributed by atoms with Gasteiger partial charge in [-0.05, 0) is 36.4 Å². The molecule has 1 aromatic heterocycles. The predicted octanol–water partition coefficient (Wildman–Crippen LogP) is 4.09. The minimum atomic E-state index is -0.188. The van der Waals surface area contributed by atoms with Gasteiger partial charge in [0.25, 0.3) is 5.91 Å². The molecule has 0 unspecified atom stereocenters. The van der Waals surface area contributed by atoms with E-state index in [4.69, 9.17) is 4.74 Å². The van der Waals surface area contributed by atoms with Gasteiger partial charge in [-0.2, -0.15) is 0 Å². The fourth-order valence-corrected chi connectivity index (χ4v) is 2.28. The molecule has 0 aliphatic heterocycles. The van der Waals surface area contributed by atoms with Gasteiger partial charge in [0.2, 0.25) is 0 Å². The molecule has 1 heterocycles. The molecule has 0 aliphatic carbocycles. The molecule has 0 atom stereocenters. The molecule has 2 N–H and O–H groups in total. The average Bonchev–Trinajstić information content (AvgIpc) is 2.63. The van der Waals surface area contributed by atoms with Crippen molar-refractivity contribution in [1.29, 1.82) is 0 Å². The fourth-order valence-electron chi connectivity index (χ4n) is 2.28. The predicted molar refractivity (Wildman–Crippen MR) is 94.9 cm³/mol. The Morgan fingerprint density at radius 3 is 2.54 bits per heavy atom. The molecule has 0 aliphatic rings. The first kappa shape index (κ1) is 15.6. The molecule has 3 rings (SSSR count). The number of hydrogen-bond donors (Lipinski definition) is 2. The number of ether oxygens (including phenoxy) is 1. The van der Waals surface area contributed by atoms with Crippen LogP contribution in [0.4, 0.5) is 17.1 Å². The Balaban J connectivity index is 1.83. The van der Waals surface area contributed by atoms with Crippen LogP contribution in [0.2, 0.25) is 0 Å². The summed E-state index contributed by atoms with van der Waals surface area (Å²) in [5, 5.41) is 6.12. The first-order valence-corrected chi connectivity index (χ1v) is 7.48. The van der Waals surface area contributed by atoms with Crippen molar-refractivity contribution in [2.75, 3.05) is 17.7 Å². The summed E-state index contributed by atoms with van der Waals surface area (Å²) in [6, 6.07) is 18.4. The number of hydrogen-bond acceptors (Lipinski definition) is 4. The molecule has 0 spiro atoms. The molecule has 24 heavy (non-hydrogen) atoms. The Morgan fingerprint density at radius 2 is 1.75 bits per heavy atom. The third-order valence-electron chi connectivity index (χ3n) is 3.46. The van der Waals surface area contributed by atoms with Crippen LogP contribution >= 0.6 is 0 Å². The zero-order chi connectivity index (χ0) is 16.8. The van der Waals surface area contributed by atoms with Gasteiger partial charge in [-0.1, -0.05) is 18.2 Å². The van der Waals surface area contributed by atoms with Gasteiger partial charge in [-0.3, -0.25) is 9.78 Å². The van der Waals surface area contributed by atoms with Gasteiger partial charge in [-0.25, -0.2) is 0 Å². The van der Waals surface area contributed by atoms with E-state index in [0.29, 0.717) is 11.3 Å². The summed E-state index contributed by atoms with van der Waals surface area (Å²) in [4.78, 5) is 16.5. The lowest BCUT2D eigenvalue weighted by atomic mass is 10.1. The highest BCUT2D eigenvalue weighted by molar-refractivity contribution is 6.08. The Kier molecular flexibility index (Phi) is 4.72. The first-order valence-electron chi connectivity index (χ1n) is 7.48. The topological polar surface area (TPSA) is 63.2 Å². The average molecular weight is 319 g/mol.